The van der Waals surface area contributed by atoms with E-state index in [-0.39, 0.29) is 18.1 Å². The summed E-state index contributed by atoms with van der Waals surface area (Å²) < 4.78 is 0. The lowest BCUT2D eigenvalue weighted by Crippen LogP contribution is -2.46. The number of allylic oxidation sites excluding steroid dienone is 1. The second-order valence-corrected chi connectivity index (χ2v) is 7.02. The third-order valence-electron chi connectivity index (χ3n) is 5.61. The third kappa shape index (κ3) is 2.54. The molecule has 3 fully saturated rings. The van der Waals surface area contributed by atoms with Gasteiger partial charge in [0.15, 0.2) is 0 Å². The lowest BCUT2D eigenvalue weighted by molar-refractivity contribution is -0.129. The zero-order valence-electron chi connectivity index (χ0n) is 12.8. The van der Waals surface area contributed by atoms with Crippen molar-refractivity contribution >= 4 is 12.1 Å². The van der Waals surface area contributed by atoms with Crippen molar-refractivity contribution in [1.82, 2.24) is 15.3 Å². The van der Waals surface area contributed by atoms with Crippen LogP contribution >= 0.6 is 0 Å². The summed E-state index contributed by atoms with van der Waals surface area (Å²) in [5.74, 6) is 1.57. The minimum atomic E-state index is -0.299. The molecule has 120 valence electrons. The molecule has 0 bridgehead atoms. The van der Waals surface area contributed by atoms with Crippen molar-refractivity contribution in [1.29, 1.82) is 0 Å². The first-order chi connectivity index (χ1) is 10.7. The second-order valence-electron chi connectivity index (χ2n) is 7.02. The molecule has 4 rings (SSSR count). The summed E-state index contributed by atoms with van der Waals surface area (Å²) in [6, 6.07) is 0.348. The van der Waals surface area contributed by atoms with Crippen LogP contribution in [0.15, 0.2) is 17.3 Å². The number of nitrogens with one attached hydrogen (secondary N) is 1. The number of hydrogen-bond acceptors (Lipinski definition) is 5. The molecule has 6 heteroatoms. The summed E-state index contributed by atoms with van der Waals surface area (Å²) in [6.07, 6.45) is 10.6. The zero-order chi connectivity index (χ0) is 15.1. The Morgan fingerprint density at radius 2 is 1.91 bits per heavy atom. The molecule has 3 unspecified atom stereocenters. The Morgan fingerprint density at radius 1 is 1.18 bits per heavy atom. The van der Waals surface area contributed by atoms with E-state index < -0.39 is 0 Å². The topological polar surface area (TPSA) is 68.2 Å². The molecule has 2 N–H and O–H groups in total. The fourth-order valence-electron chi connectivity index (χ4n) is 4.27. The average Bonchev–Trinajstić information content (AvgIpc) is 2.99. The van der Waals surface area contributed by atoms with Crippen molar-refractivity contribution in [3.8, 4) is 0 Å². The van der Waals surface area contributed by atoms with Crippen molar-refractivity contribution in [3.05, 3.63) is 12.3 Å². The van der Waals surface area contributed by atoms with Crippen LogP contribution in [-0.4, -0.2) is 52.7 Å². The summed E-state index contributed by atoms with van der Waals surface area (Å²) in [7, 11) is 0. The molecule has 6 nitrogen and oxygen atoms in total. The summed E-state index contributed by atoms with van der Waals surface area (Å²) in [5.41, 5.74) is 0. The van der Waals surface area contributed by atoms with Gasteiger partial charge in [0, 0.05) is 37.5 Å². The molecule has 1 saturated heterocycles. The average molecular weight is 304 g/mol. The molecular weight excluding hydrogens is 280 g/mol. The molecule has 22 heavy (non-hydrogen) atoms. The monoisotopic (exact) mass is 304 g/mol. The molecule has 4 aliphatic rings. The fraction of sp³-hybridized carbons (Fsp3) is 0.750. The van der Waals surface area contributed by atoms with E-state index in [9.17, 15) is 10.0 Å². The first-order valence-electron chi connectivity index (χ1n) is 8.45. The van der Waals surface area contributed by atoms with E-state index >= 15 is 0 Å². The standard InChI is InChI=1S/C16H24N4O2/c21-15(11-5-2-1-3-6-11)18-14-12-9-19(10-13(12)14)16-17-7-4-8-20(16)22/h4,7-8,11-14,16,22H,1-3,5-6,9-10H2,(H,18,21). The molecule has 0 aromatic carbocycles. The van der Waals surface area contributed by atoms with Crippen molar-refractivity contribution in [3.63, 3.8) is 0 Å². The van der Waals surface area contributed by atoms with Crippen molar-refractivity contribution in [2.45, 2.75) is 44.4 Å². The maximum atomic E-state index is 12.3. The van der Waals surface area contributed by atoms with E-state index in [1.165, 1.54) is 19.3 Å². The van der Waals surface area contributed by atoms with Crippen molar-refractivity contribution in [2.75, 3.05) is 13.1 Å². The summed E-state index contributed by atoms with van der Waals surface area (Å²) in [6.45, 7) is 1.79. The van der Waals surface area contributed by atoms with E-state index in [0.717, 1.165) is 31.0 Å². The van der Waals surface area contributed by atoms with Gasteiger partial charge in [0.2, 0.25) is 12.2 Å². The number of aliphatic imine (C=N–C) groups is 1. The van der Waals surface area contributed by atoms with Crippen LogP contribution in [0.5, 0.6) is 0 Å². The quantitative estimate of drug-likeness (QED) is 0.822. The highest BCUT2D eigenvalue weighted by Crippen LogP contribution is 2.46. The molecule has 2 saturated carbocycles. The maximum Gasteiger partial charge on any atom is 0.223 e. The Hall–Kier alpha value is -1.40. The van der Waals surface area contributed by atoms with Crippen LogP contribution in [0, 0.1) is 17.8 Å². The summed E-state index contributed by atoms with van der Waals surface area (Å²) in [4.78, 5) is 18.8. The molecule has 0 aromatic rings. The minimum absolute atomic E-state index is 0.243. The van der Waals surface area contributed by atoms with Crippen LogP contribution < -0.4 is 5.32 Å². The minimum Gasteiger partial charge on any atom is -0.352 e. The Labute approximate surface area is 130 Å². The van der Waals surface area contributed by atoms with Crippen molar-refractivity contribution < 1.29 is 10.0 Å². The number of carbonyl (C=O) groups is 1. The van der Waals surface area contributed by atoms with Crippen molar-refractivity contribution in [2.24, 2.45) is 22.7 Å². The van der Waals surface area contributed by atoms with Gasteiger partial charge in [0.25, 0.3) is 0 Å². The number of likely N-dealkylation sites (tertiary alicyclic amines) is 1. The van der Waals surface area contributed by atoms with Crippen LogP contribution in [0.25, 0.3) is 0 Å². The first kappa shape index (κ1) is 14.2. The fourth-order valence-corrected chi connectivity index (χ4v) is 4.27. The van der Waals surface area contributed by atoms with Gasteiger partial charge in [-0.25, -0.2) is 5.06 Å². The molecule has 1 amide bonds. The van der Waals surface area contributed by atoms with Crippen LogP contribution in [0.1, 0.15) is 32.1 Å². The molecule has 3 atom stereocenters. The van der Waals surface area contributed by atoms with Gasteiger partial charge < -0.3 is 5.32 Å². The number of piperidine rings is 1. The molecule has 2 aliphatic carbocycles. The second kappa shape index (κ2) is 5.66. The largest absolute Gasteiger partial charge is 0.352 e. The molecule has 0 spiro atoms. The normalized spacial score (nSPS) is 38.1. The lowest BCUT2D eigenvalue weighted by Gasteiger charge is -2.32. The number of rotatable bonds is 3. The van der Waals surface area contributed by atoms with Gasteiger partial charge in [-0.15, -0.1) is 0 Å². The molecular formula is C16H24N4O2. The smallest absolute Gasteiger partial charge is 0.223 e. The highest BCUT2D eigenvalue weighted by molar-refractivity contribution is 5.79. The van der Waals surface area contributed by atoms with E-state index in [1.54, 1.807) is 18.5 Å². The SMILES string of the molecule is O=C(NC1C2CN(C3N=CC=CN3O)CC21)C1CCCCC1. The van der Waals surface area contributed by atoms with Crippen LogP contribution in [0.3, 0.4) is 0 Å². The Morgan fingerprint density at radius 3 is 2.59 bits per heavy atom. The maximum absolute atomic E-state index is 12.3. The van der Waals surface area contributed by atoms with Crippen LogP contribution in [0.4, 0.5) is 0 Å². The molecule has 0 radical (unpaired) electrons. The Kier molecular flexibility index (Phi) is 3.66. The highest BCUT2D eigenvalue weighted by atomic mass is 16.5. The Balaban J connectivity index is 1.27. The lowest BCUT2D eigenvalue weighted by atomic mass is 9.88. The van der Waals surface area contributed by atoms with Gasteiger partial charge in [-0.2, -0.15) is 0 Å². The zero-order valence-corrected chi connectivity index (χ0v) is 12.8. The van der Waals surface area contributed by atoms with Crippen LogP contribution in [0.2, 0.25) is 0 Å². The van der Waals surface area contributed by atoms with Gasteiger partial charge in [0.05, 0.1) is 0 Å². The predicted octanol–water partition coefficient (Wildman–Crippen LogP) is 1.19. The summed E-state index contributed by atoms with van der Waals surface area (Å²) in [5, 5.41) is 14.3. The van der Waals surface area contributed by atoms with Gasteiger partial charge in [-0.3, -0.25) is 19.9 Å². The van der Waals surface area contributed by atoms with E-state index in [2.05, 4.69) is 15.2 Å². The predicted molar refractivity (Wildman–Crippen MR) is 82.1 cm³/mol. The van der Waals surface area contributed by atoms with Gasteiger partial charge in [-0.1, -0.05) is 19.3 Å². The summed E-state index contributed by atoms with van der Waals surface area (Å²) >= 11 is 0. The van der Waals surface area contributed by atoms with Gasteiger partial charge >= 0.3 is 0 Å². The number of hydroxylamine groups is 2. The number of carbonyl (C=O) groups excluding carboxylic acids is 1. The number of fused-ring (bicyclic) bond motifs is 1. The van der Waals surface area contributed by atoms with Gasteiger partial charge in [-0.05, 0) is 30.8 Å². The molecule has 2 aliphatic heterocycles. The highest BCUT2D eigenvalue weighted by Gasteiger charge is 2.58. The van der Waals surface area contributed by atoms with Gasteiger partial charge in [0.1, 0.15) is 0 Å². The number of amides is 1. The van der Waals surface area contributed by atoms with E-state index in [0.29, 0.717) is 17.9 Å². The first-order valence-corrected chi connectivity index (χ1v) is 8.45. The van der Waals surface area contributed by atoms with Crippen LogP contribution in [-0.2, 0) is 4.79 Å². The number of hydrogen-bond donors (Lipinski definition) is 2. The third-order valence-corrected chi connectivity index (χ3v) is 5.61. The number of nitrogens with zero attached hydrogens (tertiary/aromatic N) is 3. The molecule has 2 heterocycles. The van der Waals surface area contributed by atoms with E-state index in [4.69, 9.17) is 0 Å². The molecule has 0 aromatic heterocycles. The Bertz CT molecular complexity index is 488. The van der Waals surface area contributed by atoms with E-state index in [1.807, 2.05) is 0 Å².